The van der Waals surface area contributed by atoms with Crippen molar-refractivity contribution in [3.05, 3.63) is 45.5 Å². The first-order valence-electron chi connectivity index (χ1n) is 8.10. The predicted octanol–water partition coefficient (Wildman–Crippen LogP) is 4.01. The van der Waals surface area contributed by atoms with Gasteiger partial charge in [0.15, 0.2) is 5.82 Å². The molecule has 0 saturated heterocycles. The van der Waals surface area contributed by atoms with Gasteiger partial charge < -0.3 is 9.84 Å². The summed E-state index contributed by atoms with van der Waals surface area (Å²) >= 11 is 11.9. The van der Waals surface area contributed by atoms with Crippen LogP contribution in [0.5, 0.6) is 0 Å². The number of carbonyl (C=O) groups is 1. The van der Waals surface area contributed by atoms with E-state index in [1.807, 2.05) is 19.1 Å². The molecule has 24 heavy (non-hydrogen) atoms. The minimum absolute atomic E-state index is 0.0411. The molecule has 0 aliphatic rings. The van der Waals surface area contributed by atoms with Gasteiger partial charge in [-0.25, -0.2) is 0 Å². The number of rotatable bonds is 9. The Kier molecular flexibility index (Phi) is 7.53. The van der Waals surface area contributed by atoms with E-state index in [2.05, 4.69) is 15.5 Å². The van der Waals surface area contributed by atoms with Gasteiger partial charge in [0.25, 0.3) is 0 Å². The number of carbonyl (C=O) groups excluding carboxylic acids is 1. The number of benzene rings is 1. The SMILES string of the molecule is CCc1noc(CCCC(=O)NCCCc2ccc(Cl)c(Cl)c2)n1. The quantitative estimate of drug-likeness (QED) is 0.678. The summed E-state index contributed by atoms with van der Waals surface area (Å²) in [5.74, 6) is 1.34. The first kappa shape index (κ1) is 18.7. The highest BCUT2D eigenvalue weighted by Gasteiger charge is 2.07. The van der Waals surface area contributed by atoms with Gasteiger partial charge in [-0.05, 0) is 37.0 Å². The van der Waals surface area contributed by atoms with E-state index in [4.69, 9.17) is 27.7 Å². The van der Waals surface area contributed by atoms with E-state index in [1.54, 1.807) is 6.07 Å². The first-order valence-corrected chi connectivity index (χ1v) is 8.86. The summed E-state index contributed by atoms with van der Waals surface area (Å²) in [4.78, 5) is 16.0. The van der Waals surface area contributed by atoms with Crippen LogP contribution in [0.4, 0.5) is 0 Å². The van der Waals surface area contributed by atoms with Crippen LogP contribution in [0.25, 0.3) is 0 Å². The summed E-state index contributed by atoms with van der Waals surface area (Å²) in [5.41, 5.74) is 1.11. The van der Waals surface area contributed by atoms with Crippen LogP contribution in [0.2, 0.25) is 10.0 Å². The molecular formula is C17H21Cl2N3O2. The molecule has 2 aromatic rings. The smallest absolute Gasteiger partial charge is 0.226 e. The Morgan fingerprint density at radius 2 is 2.04 bits per heavy atom. The molecule has 0 unspecified atom stereocenters. The molecule has 0 aliphatic heterocycles. The summed E-state index contributed by atoms with van der Waals surface area (Å²) in [6.45, 7) is 2.61. The van der Waals surface area contributed by atoms with Crippen molar-refractivity contribution in [1.82, 2.24) is 15.5 Å². The van der Waals surface area contributed by atoms with Crippen molar-refractivity contribution < 1.29 is 9.32 Å². The topological polar surface area (TPSA) is 68.0 Å². The standard InChI is InChI=1S/C17H21Cl2N3O2/c1-2-15-21-17(24-22-15)7-3-6-16(23)20-10-4-5-12-8-9-13(18)14(19)11-12/h8-9,11H,2-7,10H2,1H3,(H,20,23). The van der Waals surface area contributed by atoms with E-state index in [-0.39, 0.29) is 5.91 Å². The summed E-state index contributed by atoms with van der Waals surface area (Å²) in [6.07, 6.45) is 4.24. The van der Waals surface area contributed by atoms with E-state index < -0.39 is 0 Å². The molecule has 1 aromatic carbocycles. The van der Waals surface area contributed by atoms with Gasteiger partial charge in [-0.2, -0.15) is 4.98 Å². The van der Waals surface area contributed by atoms with Gasteiger partial charge in [-0.3, -0.25) is 4.79 Å². The molecule has 1 heterocycles. The van der Waals surface area contributed by atoms with E-state index in [1.165, 1.54) is 0 Å². The Morgan fingerprint density at radius 3 is 2.75 bits per heavy atom. The van der Waals surface area contributed by atoms with Crippen molar-refractivity contribution in [2.45, 2.75) is 45.4 Å². The number of nitrogens with zero attached hydrogens (tertiary/aromatic N) is 2. The van der Waals surface area contributed by atoms with Gasteiger partial charge in [0.05, 0.1) is 10.0 Å². The average Bonchev–Trinajstić information content (AvgIpc) is 3.03. The van der Waals surface area contributed by atoms with Crippen LogP contribution in [0.3, 0.4) is 0 Å². The Hall–Kier alpha value is -1.59. The Labute approximate surface area is 151 Å². The highest BCUT2D eigenvalue weighted by Crippen LogP contribution is 2.23. The van der Waals surface area contributed by atoms with Crippen LogP contribution >= 0.6 is 23.2 Å². The van der Waals surface area contributed by atoms with Crippen molar-refractivity contribution in [3.8, 4) is 0 Å². The highest BCUT2D eigenvalue weighted by molar-refractivity contribution is 6.42. The normalized spacial score (nSPS) is 10.8. The molecule has 1 amide bonds. The number of halogens is 2. The molecule has 0 aliphatic carbocycles. The average molecular weight is 370 g/mol. The Bertz CT molecular complexity index is 674. The lowest BCUT2D eigenvalue weighted by Crippen LogP contribution is -2.24. The van der Waals surface area contributed by atoms with Crippen molar-refractivity contribution >= 4 is 29.1 Å². The van der Waals surface area contributed by atoms with Gasteiger partial charge in [0.1, 0.15) is 0 Å². The lowest BCUT2D eigenvalue weighted by Gasteiger charge is -2.06. The number of hydrogen-bond acceptors (Lipinski definition) is 4. The van der Waals surface area contributed by atoms with E-state index in [0.717, 1.165) is 24.8 Å². The number of aromatic nitrogens is 2. The molecule has 2 rings (SSSR count). The van der Waals surface area contributed by atoms with Crippen LogP contribution in [0.15, 0.2) is 22.7 Å². The van der Waals surface area contributed by atoms with Crippen LogP contribution in [-0.4, -0.2) is 22.6 Å². The van der Waals surface area contributed by atoms with Crippen molar-refractivity contribution in [3.63, 3.8) is 0 Å². The first-order chi connectivity index (χ1) is 11.6. The second-order valence-corrected chi connectivity index (χ2v) is 6.33. The Balaban J connectivity index is 1.58. The van der Waals surface area contributed by atoms with Crippen LogP contribution in [0.1, 0.15) is 43.5 Å². The molecule has 130 valence electrons. The highest BCUT2D eigenvalue weighted by atomic mass is 35.5. The van der Waals surface area contributed by atoms with Crippen LogP contribution in [-0.2, 0) is 24.1 Å². The van der Waals surface area contributed by atoms with Crippen molar-refractivity contribution in [2.24, 2.45) is 0 Å². The Morgan fingerprint density at radius 1 is 1.21 bits per heavy atom. The van der Waals surface area contributed by atoms with Gasteiger partial charge in [0, 0.05) is 25.8 Å². The van der Waals surface area contributed by atoms with Gasteiger partial charge >= 0.3 is 0 Å². The zero-order valence-electron chi connectivity index (χ0n) is 13.6. The fourth-order valence-corrected chi connectivity index (χ4v) is 2.56. The number of amides is 1. The third-order valence-corrected chi connectivity index (χ3v) is 4.31. The maximum absolute atomic E-state index is 11.8. The third-order valence-electron chi connectivity index (χ3n) is 3.57. The van der Waals surface area contributed by atoms with Gasteiger partial charge in [0.2, 0.25) is 11.8 Å². The third kappa shape index (κ3) is 6.13. The zero-order valence-corrected chi connectivity index (χ0v) is 15.2. The molecule has 0 spiro atoms. The summed E-state index contributed by atoms with van der Waals surface area (Å²) in [6, 6.07) is 5.60. The summed E-state index contributed by atoms with van der Waals surface area (Å²) in [5, 5.41) is 7.86. The van der Waals surface area contributed by atoms with Gasteiger partial charge in [-0.1, -0.05) is 41.3 Å². The van der Waals surface area contributed by atoms with Gasteiger partial charge in [-0.15, -0.1) is 0 Å². The molecule has 0 bridgehead atoms. The molecule has 5 nitrogen and oxygen atoms in total. The maximum atomic E-state index is 11.8. The largest absolute Gasteiger partial charge is 0.356 e. The van der Waals surface area contributed by atoms with Crippen molar-refractivity contribution in [1.29, 1.82) is 0 Å². The number of nitrogens with one attached hydrogen (secondary N) is 1. The molecule has 1 N–H and O–H groups in total. The lowest BCUT2D eigenvalue weighted by molar-refractivity contribution is -0.121. The molecule has 1 aromatic heterocycles. The molecular weight excluding hydrogens is 349 g/mol. The molecule has 7 heteroatoms. The van der Waals surface area contributed by atoms with Crippen LogP contribution < -0.4 is 5.32 Å². The molecule has 0 saturated carbocycles. The monoisotopic (exact) mass is 369 g/mol. The van der Waals surface area contributed by atoms with Crippen LogP contribution in [0, 0.1) is 0 Å². The lowest BCUT2D eigenvalue weighted by atomic mass is 10.1. The minimum atomic E-state index is 0.0411. The second kappa shape index (κ2) is 9.64. The molecule has 0 atom stereocenters. The zero-order chi connectivity index (χ0) is 17.4. The number of aryl methyl sites for hydroxylation is 3. The number of hydrogen-bond donors (Lipinski definition) is 1. The second-order valence-electron chi connectivity index (χ2n) is 5.51. The predicted molar refractivity (Wildman–Crippen MR) is 94.4 cm³/mol. The fourth-order valence-electron chi connectivity index (χ4n) is 2.24. The maximum Gasteiger partial charge on any atom is 0.226 e. The molecule has 0 fully saturated rings. The minimum Gasteiger partial charge on any atom is -0.356 e. The fraction of sp³-hybridized carbons (Fsp3) is 0.471. The summed E-state index contributed by atoms with van der Waals surface area (Å²) in [7, 11) is 0. The van der Waals surface area contributed by atoms with Crippen molar-refractivity contribution in [2.75, 3.05) is 6.54 Å². The van der Waals surface area contributed by atoms with E-state index >= 15 is 0 Å². The van der Waals surface area contributed by atoms with E-state index in [0.29, 0.717) is 47.6 Å². The summed E-state index contributed by atoms with van der Waals surface area (Å²) < 4.78 is 5.09. The van der Waals surface area contributed by atoms with E-state index in [9.17, 15) is 4.79 Å². The molecule has 0 radical (unpaired) electrons.